The van der Waals surface area contributed by atoms with Gasteiger partial charge in [-0.05, 0) is 55.1 Å². The van der Waals surface area contributed by atoms with Crippen LogP contribution in [0.15, 0.2) is 24.3 Å². The molecular formula is C24H38O. The standard InChI is InChI=1S/C24H38O/c1-3-5-19-6-8-20(9-7-19)10-11-21-12-14-22(15-13-21)23-16-17-24(4-2)25-18-23/h12-15,19-20,23-24H,3-11,16-18H2,1-2H3. The SMILES string of the molecule is CCCC1CCC(CCc2ccc(C3CCC(CC)OC3)cc2)CC1. The Morgan fingerprint density at radius 2 is 1.52 bits per heavy atom. The molecule has 0 spiro atoms. The molecule has 1 heterocycles. The average Bonchev–Trinajstić information content (AvgIpc) is 2.68. The Kier molecular flexibility index (Phi) is 7.40. The Balaban J connectivity index is 1.41. The monoisotopic (exact) mass is 342 g/mol. The van der Waals surface area contributed by atoms with Crippen molar-refractivity contribution in [1.29, 1.82) is 0 Å². The maximum Gasteiger partial charge on any atom is 0.0573 e. The fourth-order valence-corrected chi connectivity index (χ4v) is 4.94. The van der Waals surface area contributed by atoms with E-state index < -0.39 is 0 Å². The summed E-state index contributed by atoms with van der Waals surface area (Å²) in [7, 11) is 0. The number of rotatable bonds is 7. The number of ether oxygens (including phenoxy) is 1. The number of benzene rings is 1. The minimum atomic E-state index is 0.503. The number of hydrogen-bond acceptors (Lipinski definition) is 1. The van der Waals surface area contributed by atoms with Crippen LogP contribution in [0, 0.1) is 11.8 Å². The topological polar surface area (TPSA) is 9.23 Å². The number of aryl methyl sites for hydroxylation is 1. The highest BCUT2D eigenvalue weighted by Crippen LogP contribution is 2.34. The maximum absolute atomic E-state index is 5.98. The van der Waals surface area contributed by atoms with Crippen LogP contribution in [0.4, 0.5) is 0 Å². The number of hydrogen-bond donors (Lipinski definition) is 0. The predicted molar refractivity (Wildman–Crippen MR) is 107 cm³/mol. The Morgan fingerprint density at radius 3 is 2.08 bits per heavy atom. The van der Waals surface area contributed by atoms with Gasteiger partial charge in [-0.1, -0.05) is 76.6 Å². The molecule has 2 fully saturated rings. The lowest BCUT2D eigenvalue weighted by molar-refractivity contribution is 0.00203. The minimum absolute atomic E-state index is 0.503. The molecule has 1 nitrogen and oxygen atoms in total. The molecule has 1 saturated carbocycles. The Hall–Kier alpha value is -0.820. The normalized spacial score (nSPS) is 30.3. The molecule has 0 N–H and O–H groups in total. The molecule has 1 aromatic rings. The van der Waals surface area contributed by atoms with Crippen LogP contribution in [0.3, 0.4) is 0 Å². The van der Waals surface area contributed by atoms with Crippen LogP contribution in [-0.2, 0) is 11.2 Å². The van der Waals surface area contributed by atoms with E-state index in [1.807, 2.05) is 0 Å². The minimum Gasteiger partial charge on any atom is -0.378 e. The first-order valence-electron chi connectivity index (χ1n) is 11.0. The molecule has 1 saturated heterocycles. The van der Waals surface area contributed by atoms with E-state index in [1.54, 1.807) is 0 Å². The summed E-state index contributed by atoms with van der Waals surface area (Å²) in [5.41, 5.74) is 3.01. The van der Waals surface area contributed by atoms with Crippen LogP contribution >= 0.6 is 0 Å². The summed E-state index contributed by atoms with van der Waals surface area (Å²) >= 11 is 0. The third-order valence-electron chi connectivity index (χ3n) is 6.78. The van der Waals surface area contributed by atoms with Crippen molar-refractivity contribution in [3.05, 3.63) is 35.4 Å². The van der Waals surface area contributed by atoms with Gasteiger partial charge < -0.3 is 4.74 Å². The highest BCUT2D eigenvalue weighted by molar-refractivity contribution is 5.26. The maximum atomic E-state index is 5.98. The Bertz CT molecular complexity index is 475. The van der Waals surface area contributed by atoms with Gasteiger partial charge in [0.05, 0.1) is 12.7 Å². The van der Waals surface area contributed by atoms with Gasteiger partial charge in [0.1, 0.15) is 0 Å². The van der Waals surface area contributed by atoms with E-state index >= 15 is 0 Å². The molecule has 1 aliphatic heterocycles. The van der Waals surface area contributed by atoms with Crippen LogP contribution in [0.1, 0.15) is 95.1 Å². The van der Waals surface area contributed by atoms with Gasteiger partial charge in [0.2, 0.25) is 0 Å². The Morgan fingerprint density at radius 1 is 0.840 bits per heavy atom. The molecule has 25 heavy (non-hydrogen) atoms. The molecule has 1 heteroatoms. The van der Waals surface area contributed by atoms with E-state index in [9.17, 15) is 0 Å². The van der Waals surface area contributed by atoms with Gasteiger partial charge in [-0.2, -0.15) is 0 Å². The molecule has 140 valence electrons. The summed E-state index contributed by atoms with van der Waals surface area (Å²) in [4.78, 5) is 0. The van der Waals surface area contributed by atoms with E-state index in [4.69, 9.17) is 4.74 Å². The fourth-order valence-electron chi connectivity index (χ4n) is 4.94. The van der Waals surface area contributed by atoms with Crippen molar-refractivity contribution in [2.75, 3.05) is 6.61 Å². The zero-order valence-corrected chi connectivity index (χ0v) is 16.5. The lowest BCUT2D eigenvalue weighted by atomic mass is 9.78. The van der Waals surface area contributed by atoms with Crippen molar-refractivity contribution in [3.8, 4) is 0 Å². The molecular weight excluding hydrogens is 304 g/mol. The molecule has 2 aliphatic rings. The molecule has 1 aliphatic carbocycles. The van der Waals surface area contributed by atoms with Crippen molar-refractivity contribution in [2.45, 2.75) is 96.5 Å². The summed E-state index contributed by atoms with van der Waals surface area (Å²) in [6, 6.07) is 9.50. The summed E-state index contributed by atoms with van der Waals surface area (Å²) in [5, 5.41) is 0. The lowest BCUT2D eigenvalue weighted by Gasteiger charge is -2.29. The van der Waals surface area contributed by atoms with Crippen molar-refractivity contribution in [2.24, 2.45) is 11.8 Å². The average molecular weight is 343 g/mol. The van der Waals surface area contributed by atoms with Crippen molar-refractivity contribution < 1.29 is 4.74 Å². The van der Waals surface area contributed by atoms with E-state index in [1.165, 1.54) is 75.3 Å². The summed E-state index contributed by atoms with van der Waals surface area (Å²) in [6.07, 6.45) is 15.6. The molecule has 3 rings (SSSR count). The molecule has 2 unspecified atom stereocenters. The van der Waals surface area contributed by atoms with Crippen LogP contribution in [0.5, 0.6) is 0 Å². The highest BCUT2D eigenvalue weighted by atomic mass is 16.5. The van der Waals surface area contributed by atoms with Gasteiger partial charge in [-0.25, -0.2) is 0 Å². The smallest absolute Gasteiger partial charge is 0.0573 e. The summed E-state index contributed by atoms with van der Waals surface area (Å²) in [5.74, 6) is 2.63. The van der Waals surface area contributed by atoms with Crippen LogP contribution in [-0.4, -0.2) is 12.7 Å². The lowest BCUT2D eigenvalue weighted by Crippen LogP contribution is -2.24. The quantitative estimate of drug-likeness (QED) is 0.523. The molecule has 0 radical (unpaired) electrons. The zero-order chi connectivity index (χ0) is 17.5. The van der Waals surface area contributed by atoms with E-state index in [0.717, 1.165) is 24.9 Å². The van der Waals surface area contributed by atoms with Gasteiger partial charge >= 0.3 is 0 Å². The van der Waals surface area contributed by atoms with Gasteiger partial charge in [0.25, 0.3) is 0 Å². The van der Waals surface area contributed by atoms with Crippen molar-refractivity contribution in [1.82, 2.24) is 0 Å². The summed E-state index contributed by atoms with van der Waals surface area (Å²) < 4.78 is 5.98. The second-order valence-electron chi connectivity index (χ2n) is 8.59. The first-order chi connectivity index (χ1) is 12.3. The molecule has 0 amide bonds. The molecule has 0 bridgehead atoms. The largest absolute Gasteiger partial charge is 0.378 e. The van der Waals surface area contributed by atoms with Crippen molar-refractivity contribution >= 4 is 0 Å². The van der Waals surface area contributed by atoms with E-state index in [-0.39, 0.29) is 0 Å². The second kappa shape index (κ2) is 9.76. The van der Waals surface area contributed by atoms with Gasteiger partial charge in [0.15, 0.2) is 0 Å². The second-order valence-corrected chi connectivity index (χ2v) is 8.59. The van der Waals surface area contributed by atoms with Crippen LogP contribution in [0.25, 0.3) is 0 Å². The van der Waals surface area contributed by atoms with E-state index in [2.05, 4.69) is 38.1 Å². The van der Waals surface area contributed by atoms with E-state index in [0.29, 0.717) is 12.0 Å². The first-order valence-corrected chi connectivity index (χ1v) is 11.0. The van der Waals surface area contributed by atoms with Gasteiger partial charge in [-0.3, -0.25) is 0 Å². The summed E-state index contributed by atoms with van der Waals surface area (Å²) in [6.45, 7) is 5.48. The molecule has 2 atom stereocenters. The third-order valence-corrected chi connectivity index (χ3v) is 6.78. The van der Waals surface area contributed by atoms with Crippen LogP contribution in [0.2, 0.25) is 0 Å². The highest BCUT2D eigenvalue weighted by Gasteiger charge is 2.22. The molecule has 0 aromatic heterocycles. The third kappa shape index (κ3) is 5.58. The van der Waals surface area contributed by atoms with Crippen LogP contribution < -0.4 is 0 Å². The Labute approximate surface area is 155 Å². The van der Waals surface area contributed by atoms with Gasteiger partial charge in [-0.15, -0.1) is 0 Å². The first kappa shape index (κ1) is 19.0. The zero-order valence-electron chi connectivity index (χ0n) is 16.5. The predicted octanol–water partition coefficient (Wildman–Crippen LogP) is 6.90. The van der Waals surface area contributed by atoms with Gasteiger partial charge in [0, 0.05) is 5.92 Å². The fraction of sp³-hybridized carbons (Fsp3) is 0.750. The molecule has 1 aromatic carbocycles. The van der Waals surface area contributed by atoms with Crippen molar-refractivity contribution in [3.63, 3.8) is 0 Å².